The molecule has 1 aliphatic rings. The predicted octanol–water partition coefficient (Wildman–Crippen LogP) is 1.99. The molecular formula is C14H20N2O. The molecule has 1 aromatic rings. The lowest BCUT2D eigenvalue weighted by atomic mass is 10.1. The van der Waals surface area contributed by atoms with Crippen LogP contribution in [0.1, 0.15) is 37.3 Å². The Bertz CT molecular complexity index is 360. The van der Waals surface area contributed by atoms with Crippen LogP contribution in [-0.4, -0.2) is 12.5 Å². The maximum absolute atomic E-state index is 11.8. The summed E-state index contributed by atoms with van der Waals surface area (Å²) < 4.78 is 0. The molecule has 1 aromatic carbocycles. The van der Waals surface area contributed by atoms with E-state index >= 15 is 0 Å². The van der Waals surface area contributed by atoms with Crippen LogP contribution in [0, 0.1) is 5.92 Å². The number of carbonyl (C=O) groups is 1. The maximum Gasteiger partial charge on any atom is 0.241 e. The molecule has 3 nitrogen and oxygen atoms in total. The summed E-state index contributed by atoms with van der Waals surface area (Å²) in [5.41, 5.74) is 6.75. The fourth-order valence-electron chi connectivity index (χ4n) is 1.93. The van der Waals surface area contributed by atoms with Crippen LogP contribution >= 0.6 is 0 Å². The Kier molecular flexibility index (Phi) is 4.15. The number of carbonyl (C=O) groups excluding carboxylic acids is 1. The van der Waals surface area contributed by atoms with Gasteiger partial charge in [0.05, 0.1) is 0 Å². The largest absolute Gasteiger partial charge is 0.354 e. The zero-order chi connectivity index (χ0) is 12.1. The second-order valence-corrected chi connectivity index (χ2v) is 4.76. The topological polar surface area (TPSA) is 55.1 Å². The highest BCUT2D eigenvalue weighted by molar-refractivity contribution is 5.82. The van der Waals surface area contributed by atoms with Crippen molar-refractivity contribution in [1.29, 1.82) is 0 Å². The van der Waals surface area contributed by atoms with Crippen molar-refractivity contribution in [1.82, 2.24) is 5.32 Å². The summed E-state index contributed by atoms with van der Waals surface area (Å²) in [6.07, 6.45) is 5.05. The Labute approximate surface area is 102 Å². The SMILES string of the molecule is NC(C(=O)NCCCC1CC1)c1ccccc1. The highest BCUT2D eigenvalue weighted by Gasteiger charge is 2.20. The molecule has 1 fully saturated rings. The number of nitrogens with two attached hydrogens (primary N) is 1. The summed E-state index contributed by atoms with van der Waals surface area (Å²) in [6, 6.07) is 8.94. The van der Waals surface area contributed by atoms with Crippen LogP contribution in [0.25, 0.3) is 0 Å². The molecular weight excluding hydrogens is 212 g/mol. The predicted molar refractivity (Wildman–Crippen MR) is 68.3 cm³/mol. The van der Waals surface area contributed by atoms with Crippen molar-refractivity contribution in [3.63, 3.8) is 0 Å². The van der Waals surface area contributed by atoms with Gasteiger partial charge in [0, 0.05) is 6.54 Å². The molecule has 0 bridgehead atoms. The fourth-order valence-corrected chi connectivity index (χ4v) is 1.93. The quantitative estimate of drug-likeness (QED) is 0.737. The van der Waals surface area contributed by atoms with Gasteiger partial charge in [-0.3, -0.25) is 4.79 Å². The van der Waals surface area contributed by atoms with Crippen molar-refractivity contribution in [2.75, 3.05) is 6.54 Å². The van der Waals surface area contributed by atoms with Gasteiger partial charge in [-0.25, -0.2) is 0 Å². The molecule has 0 heterocycles. The second-order valence-electron chi connectivity index (χ2n) is 4.76. The Morgan fingerprint density at radius 1 is 1.35 bits per heavy atom. The molecule has 1 unspecified atom stereocenters. The van der Waals surface area contributed by atoms with E-state index in [1.165, 1.54) is 19.3 Å². The van der Waals surface area contributed by atoms with Crippen molar-refractivity contribution in [3.05, 3.63) is 35.9 Å². The van der Waals surface area contributed by atoms with Gasteiger partial charge in [-0.2, -0.15) is 0 Å². The van der Waals surface area contributed by atoms with Crippen molar-refractivity contribution in [2.45, 2.75) is 31.7 Å². The summed E-state index contributed by atoms with van der Waals surface area (Å²) in [5, 5.41) is 2.90. The van der Waals surface area contributed by atoms with E-state index in [0.717, 1.165) is 24.4 Å². The van der Waals surface area contributed by atoms with Gasteiger partial charge >= 0.3 is 0 Å². The Balaban J connectivity index is 1.71. The van der Waals surface area contributed by atoms with E-state index in [1.54, 1.807) is 0 Å². The highest BCUT2D eigenvalue weighted by atomic mass is 16.2. The lowest BCUT2D eigenvalue weighted by Crippen LogP contribution is -2.34. The normalized spacial score (nSPS) is 16.5. The van der Waals surface area contributed by atoms with Gasteiger partial charge in [0.25, 0.3) is 0 Å². The molecule has 0 aliphatic heterocycles. The van der Waals surface area contributed by atoms with Gasteiger partial charge in [0.15, 0.2) is 0 Å². The summed E-state index contributed by atoms with van der Waals surface area (Å²) in [6.45, 7) is 0.746. The second kappa shape index (κ2) is 5.82. The third-order valence-electron chi connectivity index (χ3n) is 3.23. The van der Waals surface area contributed by atoms with Gasteiger partial charge in [-0.05, 0) is 24.3 Å². The number of hydrogen-bond acceptors (Lipinski definition) is 2. The number of nitrogens with one attached hydrogen (secondary N) is 1. The molecule has 0 spiro atoms. The average Bonchev–Trinajstić information content (AvgIpc) is 3.18. The van der Waals surface area contributed by atoms with E-state index in [9.17, 15) is 4.79 Å². The Morgan fingerprint density at radius 2 is 2.06 bits per heavy atom. The van der Waals surface area contributed by atoms with Crippen LogP contribution < -0.4 is 11.1 Å². The van der Waals surface area contributed by atoms with Gasteiger partial charge in [-0.15, -0.1) is 0 Å². The zero-order valence-corrected chi connectivity index (χ0v) is 10.1. The highest BCUT2D eigenvalue weighted by Crippen LogP contribution is 2.33. The minimum absolute atomic E-state index is 0.0769. The van der Waals surface area contributed by atoms with Crippen LogP contribution in [0.3, 0.4) is 0 Å². The van der Waals surface area contributed by atoms with E-state index < -0.39 is 6.04 Å². The van der Waals surface area contributed by atoms with Crippen molar-refractivity contribution in [2.24, 2.45) is 11.7 Å². The maximum atomic E-state index is 11.8. The fraction of sp³-hybridized carbons (Fsp3) is 0.500. The number of hydrogen-bond donors (Lipinski definition) is 2. The standard InChI is InChI=1S/C14H20N2O/c15-13(12-6-2-1-3-7-12)14(17)16-10-4-5-11-8-9-11/h1-3,6-7,11,13H,4-5,8-10,15H2,(H,16,17). The molecule has 1 amide bonds. The average molecular weight is 232 g/mol. The molecule has 1 atom stereocenters. The van der Waals surface area contributed by atoms with E-state index in [1.807, 2.05) is 30.3 Å². The minimum atomic E-state index is -0.544. The molecule has 1 saturated carbocycles. The number of benzene rings is 1. The van der Waals surface area contributed by atoms with Crippen LogP contribution in [-0.2, 0) is 4.79 Å². The third-order valence-corrected chi connectivity index (χ3v) is 3.23. The summed E-state index contributed by atoms with van der Waals surface area (Å²) in [4.78, 5) is 11.8. The van der Waals surface area contributed by atoms with Crippen molar-refractivity contribution < 1.29 is 4.79 Å². The smallest absolute Gasteiger partial charge is 0.241 e. The van der Waals surface area contributed by atoms with Gasteiger partial charge in [0.1, 0.15) is 6.04 Å². The Morgan fingerprint density at radius 3 is 2.71 bits per heavy atom. The minimum Gasteiger partial charge on any atom is -0.354 e. The first-order valence-electron chi connectivity index (χ1n) is 6.35. The Hall–Kier alpha value is -1.35. The molecule has 92 valence electrons. The van der Waals surface area contributed by atoms with Crippen molar-refractivity contribution >= 4 is 5.91 Å². The number of rotatable bonds is 6. The first kappa shape index (κ1) is 12.1. The monoisotopic (exact) mass is 232 g/mol. The van der Waals surface area contributed by atoms with Gasteiger partial charge < -0.3 is 11.1 Å². The van der Waals surface area contributed by atoms with Gasteiger partial charge in [-0.1, -0.05) is 43.2 Å². The van der Waals surface area contributed by atoms with Crippen LogP contribution in [0.4, 0.5) is 0 Å². The third kappa shape index (κ3) is 3.86. The molecule has 0 aromatic heterocycles. The molecule has 17 heavy (non-hydrogen) atoms. The van der Waals surface area contributed by atoms with E-state index in [0.29, 0.717) is 0 Å². The van der Waals surface area contributed by atoms with Crippen LogP contribution in [0.5, 0.6) is 0 Å². The van der Waals surface area contributed by atoms with Crippen LogP contribution in [0.2, 0.25) is 0 Å². The van der Waals surface area contributed by atoms with Gasteiger partial charge in [0.2, 0.25) is 5.91 Å². The van der Waals surface area contributed by atoms with E-state index in [2.05, 4.69) is 5.32 Å². The van der Waals surface area contributed by atoms with Crippen molar-refractivity contribution in [3.8, 4) is 0 Å². The molecule has 3 N–H and O–H groups in total. The first-order valence-corrected chi connectivity index (χ1v) is 6.35. The summed E-state index contributed by atoms with van der Waals surface area (Å²) >= 11 is 0. The molecule has 3 heteroatoms. The van der Waals surface area contributed by atoms with E-state index in [-0.39, 0.29) is 5.91 Å². The first-order chi connectivity index (χ1) is 8.27. The van der Waals surface area contributed by atoms with E-state index in [4.69, 9.17) is 5.73 Å². The summed E-state index contributed by atoms with van der Waals surface area (Å²) in [5.74, 6) is 0.849. The molecule has 0 radical (unpaired) electrons. The van der Waals surface area contributed by atoms with Crippen LogP contribution in [0.15, 0.2) is 30.3 Å². The lowest BCUT2D eigenvalue weighted by molar-refractivity contribution is -0.122. The molecule has 1 aliphatic carbocycles. The molecule has 2 rings (SSSR count). The summed E-state index contributed by atoms with van der Waals surface area (Å²) in [7, 11) is 0. The lowest BCUT2D eigenvalue weighted by Gasteiger charge is -2.12. The molecule has 0 saturated heterocycles. The zero-order valence-electron chi connectivity index (χ0n) is 10.1. The number of amides is 1.